The van der Waals surface area contributed by atoms with E-state index in [1.807, 2.05) is 31.3 Å². The second-order valence-electron chi connectivity index (χ2n) is 2.90. The Morgan fingerprint density at radius 1 is 1.46 bits per heavy atom. The summed E-state index contributed by atoms with van der Waals surface area (Å²) in [6.07, 6.45) is 0. The maximum Gasteiger partial charge on any atom is 0.144 e. The van der Waals surface area contributed by atoms with Crippen LogP contribution in [0.1, 0.15) is 5.69 Å². The predicted molar refractivity (Wildman–Crippen MR) is 51.7 cm³/mol. The van der Waals surface area contributed by atoms with Gasteiger partial charge in [-0.2, -0.15) is 5.10 Å². The van der Waals surface area contributed by atoms with Gasteiger partial charge in [0, 0.05) is 12.4 Å². The Balaban J connectivity index is 2.85. The fourth-order valence-electron chi connectivity index (χ4n) is 1.41. The summed E-state index contributed by atoms with van der Waals surface area (Å²) in [5.74, 6) is 0.0109. The zero-order valence-electron chi connectivity index (χ0n) is 7.28. The van der Waals surface area contributed by atoms with E-state index in [1.54, 1.807) is 4.68 Å². The summed E-state index contributed by atoms with van der Waals surface area (Å²) in [6, 6.07) is 7.72. The summed E-state index contributed by atoms with van der Waals surface area (Å²) in [6.45, 7) is 0. The third-order valence-corrected chi connectivity index (χ3v) is 2.01. The molecule has 0 saturated carbocycles. The Labute approximate surface area is 75.5 Å². The molecule has 0 radical (unpaired) electrons. The third kappa shape index (κ3) is 1.07. The Hall–Kier alpha value is -1.84. The second-order valence-corrected chi connectivity index (χ2v) is 2.90. The number of fused-ring (bicyclic) bond motifs is 1. The molecule has 0 spiro atoms. The Kier molecular flexibility index (Phi) is 1.55. The molecule has 1 aromatic heterocycles. The zero-order chi connectivity index (χ0) is 9.42. The third-order valence-electron chi connectivity index (χ3n) is 2.01. The van der Waals surface area contributed by atoms with E-state index in [-0.39, 0.29) is 5.84 Å². The number of aromatic nitrogens is 2. The molecule has 0 aliphatic heterocycles. The van der Waals surface area contributed by atoms with Crippen LogP contribution in [-0.2, 0) is 7.05 Å². The number of aryl methyl sites for hydroxylation is 1. The van der Waals surface area contributed by atoms with Crippen LogP contribution >= 0.6 is 0 Å². The van der Waals surface area contributed by atoms with Crippen LogP contribution in [0.3, 0.4) is 0 Å². The van der Waals surface area contributed by atoms with Gasteiger partial charge in [0.15, 0.2) is 0 Å². The molecule has 0 saturated heterocycles. The molecule has 4 heteroatoms. The van der Waals surface area contributed by atoms with Crippen molar-refractivity contribution < 1.29 is 0 Å². The van der Waals surface area contributed by atoms with Crippen molar-refractivity contribution in [1.29, 1.82) is 5.41 Å². The largest absolute Gasteiger partial charge is 0.382 e. The molecule has 13 heavy (non-hydrogen) atoms. The van der Waals surface area contributed by atoms with Crippen molar-refractivity contribution in [1.82, 2.24) is 9.78 Å². The van der Waals surface area contributed by atoms with Gasteiger partial charge in [-0.15, -0.1) is 0 Å². The van der Waals surface area contributed by atoms with Gasteiger partial charge in [0.25, 0.3) is 0 Å². The highest BCUT2D eigenvalue weighted by atomic mass is 15.3. The highest BCUT2D eigenvalue weighted by Crippen LogP contribution is 2.16. The molecule has 1 heterocycles. The second kappa shape index (κ2) is 2.58. The number of benzene rings is 1. The van der Waals surface area contributed by atoms with Gasteiger partial charge in [-0.1, -0.05) is 18.2 Å². The average molecular weight is 174 g/mol. The van der Waals surface area contributed by atoms with Crippen LogP contribution < -0.4 is 5.73 Å². The molecule has 3 N–H and O–H groups in total. The van der Waals surface area contributed by atoms with E-state index >= 15 is 0 Å². The van der Waals surface area contributed by atoms with Crippen molar-refractivity contribution in [3.63, 3.8) is 0 Å². The minimum atomic E-state index is 0.0109. The number of hydrogen-bond acceptors (Lipinski definition) is 2. The summed E-state index contributed by atoms with van der Waals surface area (Å²) in [4.78, 5) is 0. The highest BCUT2D eigenvalue weighted by molar-refractivity contribution is 6.05. The van der Waals surface area contributed by atoms with Gasteiger partial charge in [0.05, 0.1) is 5.52 Å². The maximum atomic E-state index is 7.33. The van der Waals surface area contributed by atoms with Gasteiger partial charge in [-0.25, -0.2) is 0 Å². The van der Waals surface area contributed by atoms with E-state index in [1.165, 1.54) is 0 Å². The van der Waals surface area contributed by atoms with E-state index in [0.29, 0.717) is 5.69 Å². The number of para-hydroxylation sites is 1. The van der Waals surface area contributed by atoms with E-state index < -0.39 is 0 Å². The summed E-state index contributed by atoms with van der Waals surface area (Å²) in [5.41, 5.74) is 6.95. The number of nitrogen functional groups attached to an aromatic ring is 1. The normalized spacial score (nSPS) is 10.5. The lowest BCUT2D eigenvalue weighted by molar-refractivity contribution is 0.792. The molecule has 1 aromatic carbocycles. The first-order chi connectivity index (χ1) is 6.20. The van der Waals surface area contributed by atoms with Crippen molar-refractivity contribution in [3.8, 4) is 0 Å². The molecule has 2 rings (SSSR count). The van der Waals surface area contributed by atoms with Crippen LogP contribution in [0.5, 0.6) is 0 Å². The lowest BCUT2D eigenvalue weighted by atomic mass is 10.2. The summed E-state index contributed by atoms with van der Waals surface area (Å²) in [7, 11) is 1.84. The molecule has 0 unspecified atom stereocenters. The first-order valence-electron chi connectivity index (χ1n) is 3.96. The number of nitrogens with zero attached hydrogens (tertiary/aromatic N) is 2. The van der Waals surface area contributed by atoms with Crippen LogP contribution in [0.2, 0.25) is 0 Å². The van der Waals surface area contributed by atoms with Crippen LogP contribution in [0.25, 0.3) is 10.9 Å². The van der Waals surface area contributed by atoms with Crippen LogP contribution in [0.4, 0.5) is 0 Å². The molecule has 0 amide bonds. The van der Waals surface area contributed by atoms with E-state index in [9.17, 15) is 0 Å². The smallest absolute Gasteiger partial charge is 0.144 e. The number of nitrogens with one attached hydrogen (secondary N) is 1. The lowest BCUT2D eigenvalue weighted by Crippen LogP contribution is -2.12. The van der Waals surface area contributed by atoms with Crippen LogP contribution in [-0.4, -0.2) is 15.6 Å². The average Bonchev–Trinajstić information content (AvgIpc) is 2.45. The molecule has 0 aliphatic carbocycles. The zero-order valence-corrected chi connectivity index (χ0v) is 7.28. The molecule has 2 aromatic rings. The molecule has 0 aliphatic rings. The predicted octanol–water partition coefficient (Wildman–Crippen LogP) is 0.857. The Morgan fingerprint density at radius 3 is 2.85 bits per heavy atom. The molecular weight excluding hydrogens is 164 g/mol. The van der Waals surface area contributed by atoms with Gasteiger partial charge >= 0.3 is 0 Å². The van der Waals surface area contributed by atoms with Crippen LogP contribution in [0.15, 0.2) is 24.3 Å². The standard InChI is InChI=1S/C9H10N4/c1-13-7-5-3-2-4-6(7)8(12-13)9(10)11/h2-5H,1H3,(H3,10,11). The quantitative estimate of drug-likeness (QED) is 0.497. The minimum Gasteiger partial charge on any atom is -0.382 e. The number of rotatable bonds is 1. The van der Waals surface area contributed by atoms with E-state index in [0.717, 1.165) is 10.9 Å². The molecular formula is C9H10N4. The fourth-order valence-corrected chi connectivity index (χ4v) is 1.41. The first-order valence-corrected chi connectivity index (χ1v) is 3.96. The van der Waals surface area contributed by atoms with E-state index in [2.05, 4.69) is 5.10 Å². The number of nitrogens with two attached hydrogens (primary N) is 1. The van der Waals surface area contributed by atoms with Crippen LogP contribution in [0, 0.1) is 5.41 Å². The minimum absolute atomic E-state index is 0.0109. The Bertz CT molecular complexity index is 469. The molecule has 4 nitrogen and oxygen atoms in total. The number of hydrogen-bond donors (Lipinski definition) is 2. The molecule has 0 atom stereocenters. The summed E-state index contributed by atoms with van der Waals surface area (Å²) in [5, 5.41) is 12.4. The lowest BCUT2D eigenvalue weighted by Gasteiger charge is -1.91. The topological polar surface area (TPSA) is 67.7 Å². The van der Waals surface area contributed by atoms with Gasteiger partial charge in [-0.05, 0) is 6.07 Å². The monoisotopic (exact) mass is 174 g/mol. The summed E-state index contributed by atoms with van der Waals surface area (Å²) < 4.78 is 1.73. The maximum absolute atomic E-state index is 7.33. The molecule has 0 fully saturated rings. The summed E-state index contributed by atoms with van der Waals surface area (Å²) >= 11 is 0. The van der Waals surface area contributed by atoms with Gasteiger partial charge in [0.2, 0.25) is 0 Å². The molecule has 66 valence electrons. The van der Waals surface area contributed by atoms with Gasteiger partial charge in [0.1, 0.15) is 11.5 Å². The van der Waals surface area contributed by atoms with Crippen molar-refractivity contribution in [3.05, 3.63) is 30.0 Å². The van der Waals surface area contributed by atoms with Gasteiger partial charge < -0.3 is 5.73 Å². The fraction of sp³-hybridized carbons (Fsp3) is 0.111. The van der Waals surface area contributed by atoms with Crippen molar-refractivity contribution >= 4 is 16.7 Å². The highest BCUT2D eigenvalue weighted by Gasteiger charge is 2.08. The molecule has 0 bridgehead atoms. The number of amidine groups is 1. The van der Waals surface area contributed by atoms with Crippen molar-refractivity contribution in [2.24, 2.45) is 12.8 Å². The SMILES string of the molecule is Cn1nc(C(=N)N)c2ccccc21. The Morgan fingerprint density at radius 2 is 2.15 bits per heavy atom. The van der Waals surface area contributed by atoms with E-state index in [4.69, 9.17) is 11.1 Å². The van der Waals surface area contributed by atoms with Crippen molar-refractivity contribution in [2.45, 2.75) is 0 Å². The van der Waals surface area contributed by atoms with Gasteiger partial charge in [-0.3, -0.25) is 10.1 Å². The first kappa shape index (κ1) is 7.79. The van der Waals surface area contributed by atoms with Crippen molar-refractivity contribution in [2.75, 3.05) is 0 Å².